The molecule has 0 bridgehead atoms. The van der Waals surface area contributed by atoms with Crippen molar-refractivity contribution in [2.75, 3.05) is 18.1 Å². The second-order valence-electron chi connectivity index (χ2n) is 14.1. The first-order chi connectivity index (χ1) is 24.2. The maximum atomic E-state index is 13.7. The van der Waals surface area contributed by atoms with Crippen LogP contribution in [0.4, 0.5) is 11.9 Å². The monoisotopic (exact) mass is 696 g/mol. The molecule has 1 aromatic heterocycles. The van der Waals surface area contributed by atoms with E-state index in [1.54, 1.807) is 25.1 Å². The minimum absolute atomic E-state index is 0.0128. The van der Waals surface area contributed by atoms with Gasteiger partial charge in [-0.1, -0.05) is 154 Å². The molecule has 0 aliphatic carbocycles. The number of hydrogen-bond donors (Lipinski definition) is 3. The molecule has 2 rings (SSSR count). The molecule has 9 heteroatoms. The van der Waals surface area contributed by atoms with Gasteiger partial charge in [-0.05, 0) is 44.7 Å². The number of anilines is 2. The molecule has 9 nitrogen and oxygen atoms in total. The van der Waals surface area contributed by atoms with Crippen molar-refractivity contribution in [3.8, 4) is 11.4 Å². The number of aliphatic hydroxyl groups is 1. The first-order valence-electron chi connectivity index (χ1n) is 19.7. The van der Waals surface area contributed by atoms with E-state index in [1.165, 1.54) is 77.0 Å². The van der Waals surface area contributed by atoms with Gasteiger partial charge in [-0.2, -0.15) is 15.0 Å². The maximum absolute atomic E-state index is 13.7. The molecule has 0 amide bonds. The summed E-state index contributed by atoms with van der Waals surface area (Å²) in [4.78, 5) is 25.9. The third-order valence-corrected chi connectivity index (χ3v) is 9.52. The fourth-order valence-electron chi connectivity index (χ4n) is 6.54. The van der Waals surface area contributed by atoms with Crippen LogP contribution in [0.15, 0.2) is 35.9 Å². The average molecular weight is 696 g/mol. The minimum Gasteiger partial charge on any atom is -0.456 e. The summed E-state index contributed by atoms with van der Waals surface area (Å²) in [6.07, 6.45) is 23.5. The molecule has 0 saturated carbocycles. The smallest absolute Gasteiger partial charge is 0.333 e. The molecule has 0 spiro atoms. The number of rotatable bonds is 28. The SMILES string of the molecule is CCCCCCCCOC(/C=C(\C)C(=O)OC(C)C(O)c1ccccc1-c1nc(N)nc(N)n1)(CCCCCCCC)CCCCCCCC. The Kier molecular flexibility index (Phi) is 21.6. The number of nitrogens with two attached hydrogens (primary N) is 2. The summed E-state index contributed by atoms with van der Waals surface area (Å²) in [5.41, 5.74) is 12.7. The third kappa shape index (κ3) is 16.3. The number of unbranched alkanes of at least 4 members (excludes halogenated alkanes) is 15. The molecule has 282 valence electrons. The Bertz CT molecular complexity index is 1220. The summed E-state index contributed by atoms with van der Waals surface area (Å²) in [7, 11) is 0. The summed E-state index contributed by atoms with van der Waals surface area (Å²) in [6.45, 7) is 10.9. The molecule has 0 radical (unpaired) electrons. The molecule has 0 aliphatic rings. The fourth-order valence-corrected chi connectivity index (χ4v) is 6.54. The Morgan fingerprint density at radius 3 is 1.78 bits per heavy atom. The molecule has 1 heterocycles. The first-order valence-corrected chi connectivity index (χ1v) is 19.7. The van der Waals surface area contributed by atoms with Crippen LogP contribution in [0.5, 0.6) is 0 Å². The zero-order chi connectivity index (χ0) is 36.6. The van der Waals surface area contributed by atoms with Crippen molar-refractivity contribution in [2.24, 2.45) is 0 Å². The van der Waals surface area contributed by atoms with E-state index in [0.717, 1.165) is 51.4 Å². The first kappa shape index (κ1) is 43.1. The van der Waals surface area contributed by atoms with Gasteiger partial charge in [0.15, 0.2) is 5.82 Å². The second-order valence-corrected chi connectivity index (χ2v) is 14.1. The molecular formula is C41H69N5O4. The molecule has 5 N–H and O–H groups in total. The zero-order valence-corrected chi connectivity index (χ0v) is 32.1. The van der Waals surface area contributed by atoms with Gasteiger partial charge in [-0.3, -0.25) is 0 Å². The molecule has 0 aliphatic heterocycles. The van der Waals surface area contributed by atoms with Crippen LogP contribution in [0.25, 0.3) is 11.4 Å². The minimum atomic E-state index is -1.14. The van der Waals surface area contributed by atoms with Gasteiger partial charge in [0, 0.05) is 17.7 Å². The lowest BCUT2D eigenvalue weighted by Crippen LogP contribution is -2.33. The van der Waals surface area contributed by atoms with Gasteiger partial charge in [0.1, 0.15) is 12.2 Å². The van der Waals surface area contributed by atoms with Crippen LogP contribution in [-0.4, -0.2) is 44.3 Å². The van der Waals surface area contributed by atoms with E-state index in [4.69, 9.17) is 20.9 Å². The Balaban J connectivity index is 2.26. The highest BCUT2D eigenvalue weighted by Gasteiger charge is 2.31. The Hall–Kier alpha value is -3.04. The van der Waals surface area contributed by atoms with Crippen molar-refractivity contribution in [1.29, 1.82) is 0 Å². The molecule has 1 aromatic carbocycles. The number of esters is 1. The van der Waals surface area contributed by atoms with Gasteiger partial charge in [-0.15, -0.1) is 0 Å². The summed E-state index contributed by atoms with van der Waals surface area (Å²) in [6, 6.07) is 7.14. The molecule has 50 heavy (non-hydrogen) atoms. The lowest BCUT2D eigenvalue weighted by atomic mass is 9.87. The topological polar surface area (TPSA) is 146 Å². The highest BCUT2D eigenvalue weighted by atomic mass is 16.6. The van der Waals surface area contributed by atoms with Gasteiger partial charge in [0.2, 0.25) is 11.9 Å². The van der Waals surface area contributed by atoms with Gasteiger partial charge in [0.25, 0.3) is 0 Å². The highest BCUT2D eigenvalue weighted by Crippen LogP contribution is 2.33. The lowest BCUT2D eigenvalue weighted by molar-refractivity contribution is -0.149. The number of nitrogens with zero attached hydrogens (tertiary/aromatic N) is 3. The second kappa shape index (κ2) is 25.0. The number of aliphatic hydroxyl groups excluding tert-OH is 1. The van der Waals surface area contributed by atoms with Crippen LogP contribution in [0, 0.1) is 0 Å². The summed E-state index contributed by atoms with van der Waals surface area (Å²) in [5.74, 6) is -0.237. The number of benzene rings is 1. The van der Waals surface area contributed by atoms with Crippen LogP contribution in [0.1, 0.15) is 175 Å². The summed E-state index contributed by atoms with van der Waals surface area (Å²) >= 11 is 0. The average Bonchev–Trinajstić information content (AvgIpc) is 3.10. The molecule has 2 unspecified atom stereocenters. The predicted octanol–water partition coefficient (Wildman–Crippen LogP) is 10.2. The van der Waals surface area contributed by atoms with Crippen LogP contribution in [-0.2, 0) is 14.3 Å². The largest absolute Gasteiger partial charge is 0.456 e. The van der Waals surface area contributed by atoms with E-state index in [9.17, 15) is 9.90 Å². The van der Waals surface area contributed by atoms with Crippen molar-refractivity contribution in [1.82, 2.24) is 15.0 Å². The Morgan fingerprint density at radius 2 is 1.24 bits per heavy atom. The standard InChI is InChI=1S/C41H69N5O4/c1-6-9-12-15-18-23-28-41(29-24-19-16-13-10-7-2,49-30-25-20-17-14-11-8-3)31-32(4)38(48)50-33(5)36(47)34-26-21-22-27-35(34)37-44-39(42)46-40(43)45-37/h21-22,26-27,31,33,36,47H,6-20,23-25,28-30H2,1-5H3,(H4,42,43,44,45,46)/b32-31+. The van der Waals surface area contributed by atoms with Crippen molar-refractivity contribution in [2.45, 2.75) is 181 Å². The molecule has 2 aromatic rings. The van der Waals surface area contributed by atoms with Crippen LogP contribution in [0.2, 0.25) is 0 Å². The van der Waals surface area contributed by atoms with Crippen molar-refractivity contribution >= 4 is 17.9 Å². The summed E-state index contributed by atoms with van der Waals surface area (Å²) in [5, 5.41) is 11.4. The third-order valence-electron chi connectivity index (χ3n) is 9.52. The van der Waals surface area contributed by atoms with Crippen LogP contribution >= 0.6 is 0 Å². The van der Waals surface area contributed by atoms with E-state index in [-0.39, 0.29) is 17.7 Å². The van der Waals surface area contributed by atoms with Crippen molar-refractivity contribution < 1.29 is 19.4 Å². The Morgan fingerprint density at radius 1 is 0.760 bits per heavy atom. The van der Waals surface area contributed by atoms with Crippen LogP contribution < -0.4 is 11.5 Å². The van der Waals surface area contributed by atoms with E-state index >= 15 is 0 Å². The highest BCUT2D eigenvalue weighted by molar-refractivity contribution is 5.88. The molecule has 0 saturated heterocycles. The van der Waals surface area contributed by atoms with Gasteiger partial charge in [-0.25, -0.2) is 4.79 Å². The number of hydrogen-bond acceptors (Lipinski definition) is 9. The molecule has 0 fully saturated rings. The number of nitrogen functional groups attached to an aromatic ring is 2. The normalized spacial score (nSPS) is 13.4. The van der Waals surface area contributed by atoms with Gasteiger partial charge >= 0.3 is 5.97 Å². The van der Waals surface area contributed by atoms with Crippen LogP contribution in [0.3, 0.4) is 0 Å². The predicted molar refractivity (Wildman–Crippen MR) is 206 cm³/mol. The van der Waals surface area contributed by atoms with E-state index in [0.29, 0.717) is 23.3 Å². The number of carbonyl (C=O) groups excluding carboxylic acids is 1. The van der Waals surface area contributed by atoms with Gasteiger partial charge in [0.05, 0.1) is 5.60 Å². The van der Waals surface area contributed by atoms with E-state index in [2.05, 4.69) is 35.7 Å². The quantitative estimate of drug-likeness (QED) is 0.0449. The maximum Gasteiger partial charge on any atom is 0.333 e. The van der Waals surface area contributed by atoms with E-state index < -0.39 is 23.8 Å². The molecule has 2 atom stereocenters. The fraction of sp³-hybridized carbons (Fsp3) is 0.707. The zero-order valence-electron chi connectivity index (χ0n) is 32.1. The Labute approximate surface area is 303 Å². The van der Waals surface area contributed by atoms with Gasteiger partial charge < -0.3 is 26.0 Å². The number of carbonyl (C=O) groups is 1. The molecular weight excluding hydrogens is 626 g/mol. The van der Waals surface area contributed by atoms with E-state index in [1.807, 2.05) is 19.1 Å². The number of ether oxygens (including phenoxy) is 2. The number of aromatic nitrogens is 3. The van der Waals surface area contributed by atoms with Crippen molar-refractivity contribution in [3.05, 3.63) is 41.5 Å². The summed E-state index contributed by atoms with van der Waals surface area (Å²) < 4.78 is 12.8. The van der Waals surface area contributed by atoms with Crippen molar-refractivity contribution in [3.63, 3.8) is 0 Å². The lowest BCUT2D eigenvalue weighted by Gasteiger charge is -2.33.